The van der Waals surface area contributed by atoms with Crippen molar-refractivity contribution in [2.75, 3.05) is 16.5 Å². The van der Waals surface area contributed by atoms with E-state index in [4.69, 9.17) is 0 Å². The van der Waals surface area contributed by atoms with Gasteiger partial charge in [0, 0.05) is 56.0 Å². The number of imidazole rings is 1. The molecule has 10 nitrogen and oxygen atoms in total. The minimum Gasteiger partial charge on any atom is -0.383 e. The first-order chi connectivity index (χ1) is 17.7. The first-order valence-electron chi connectivity index (χ1n) is 12.4. The van der Waals surface area contributed by atoms with E-state index >= 15 is 0 Å². The lowest BCUT2D eigenvalue weighted by molar-refractivity contribution is -0.0150. The largest absolute Gasteiger partial charge is 0.383 e. The molecular weight excluding hydrogens is 488 g/mol. The van der Waals surface area contributed by atoms with Crippen LogP contribution in [0.15, 0.2) is 48.1 Å². The molecule has 1 fully saturated rings. The fourth-order valence-corrected chi connectivity index (χ4v) is 5.79. The van der Waals surface area contributed by atoms with Crippen LogP contribution in [0.2, 0.25) is 0 Å². The molecule has 5 heterocycles. The molecule has 0 spiro atoms. The summed E-state index contributed by atoms with van der Waals surface area (Å²) in [6.45, 7) is 8.13. The van der Waals surface area contributed by atoms with E-state index in [9.17, 15) is 9.32 Å². The molecule has 1 aliphatic heterocycles. The van der Waals surface area contributed by atoms with E-state index in [1.165, 1.54) is 0 Å². The van der Waals surface area contributed by atoms with Crippen LogP contribution in [0.3, 0.4) is 0 Å². The van der Waals surface area contributed by atoms with E-state index in [2.05, 4.69) is 55.9 Å². The number of pyridine rings is 1. The molecule has 3 atom stereocenters. The second-order valence-electron chi connectivity index (χ2n) is 9.76. The van der Waals surface area contributed by atoms with Crippen LogP contribution >= 0.6 is 0 Å². The van der Waals surface area contributed by atoms with Crippen molar-refractivity contribution < 1.29 is 9.32 Å². The highest BCUT2D eigenvalue weighted by molar-refractivity contribution is 7.84. The number of rotatable bonds is 6. The van der Waals surface area contributed by atoms with E-state index in [1.807, 2.05) is 36.0 Å². The maximum absolute atomic E-state index is 11.9. The van der Waals surface area contributed by atoms with E-state index in [0.29, 0.717) is 41.0 Å². The number of fused-ring (bicyclic) bond motifs is 1. The van der Waals surface area contributed by atoms with Gasteiger partial charge in [0.1, 0.15) is 10.6 Å². The van der Waals surface area contributed by atoms with Crippen LogP contribution < -0.4 is 10.2 Å². The Morgan fingerprint density at radius 3 is 2.43 bits per heavy atom. The quantitative estimate of drug-likeness (QED) is 0.393. The number of nitrogens with one attached hydrogen (secondary N) is 1. The average molecular weight is 521 g/mol. The maximum Gasteiger partial charge on any atom is 0.225 e. The van der Waals surface area contributed by atoms with Crippen molar-refractivity contribution in [2.24, 2.45) is 0 Å². The number of hydrogen-bond acceptors (Lipinski definition) is 9. The molecule has 3 unspecified atom stereocenters. The number of aromatic nitrogens is 6. The predicted octanol–water partition coefficient (Wildman–Crippen LogP) is 3.53. The molecule has 194 valence electrons. The highest BCUT2D eigenvalue weighted by Gasteiger charge is 2.44. The van der Waals surface area contributed by atoms with Gasteiger partial charge in [-0.3, -0.25) is 8.61 Å². The molecule has 0 radical (unpaired) electrons. The van der Waals surface area contributed by atoms with Gasteiger partial charge in [-0.15, -0.1) is 0 Å². The molecule has 4 aromatic heterocycles. The molecule has 1 aliphatic rings. The Morgan fingerprint density at radius 2 is 1.81 bits per heavy atom. The summed E-state index contributed by atoms with van der Waals surface area (Å²) in [5.41, 5.74) is 2.81. The number of nitrogens with zero attached hydrogens (tertiary/aromatic N) is 7. The molecule has 0 bridgehead atoms. The van der Waals surface area contributed by atoms with Gasteiger partial charge in [0.25, 0.3) is 0 Å². The summed E-state index contributed by atoms with van der Waals surface area (Å²) >= 11 is 0. The third kappa shape index (κ3) is 4.69. The molecular formula is C26H32N8O2S. The van der Waals surface area contributed by atoms with Gasteiger partial charge < -0.3 is 15.3 Å². The summed E-state index contributed by atoms with van der Waals surface area (Å²) in [6.07, 6.45) is 12.5. The number of anilines is 3. The second-order valence-corrected chi connectivity index (χ2v) is 11.1. The molecule has 0 saturated carbocycles. The summed E-state index contributed by atoms with van der Waals surface area (Å²) in [6, 6.07) is 3.61. The van der Waals surface area contributed by atoms with Crippen molar-refractivity contribution in [1.29, 1.82) is 0 Å². The fraction of sp³-hybridized carbons (Fsp3) is 0.423. The summed E-state index contributed by atoms with van der Waals surface area (Å²) in [5.74, 6) is 1.24. The minimum atomic E-state index is -1.15. The summed E-state index contributed by atoms with van der Waals surface area (Å²) in [7, 11) is -1.15. The highest BCUT2D eigenvalue weighted by Crippen LogP contribution is 2.40. The van der Waals surface area contributed by atoms with Gasteiger partial charge in [-0.25, -0.2) is 24.9 Å². The van der Waals surface area contributed by atoms with Crippen LogP contribution in [0, 0.1) is 6.92 Å². The maximum atomic E-state index is 11.9. The smallest absolute Gasteiger partial charge is 0.225 e. The van der Waals surface area contributed by atoms with Gasteiger partial charge in [0.05, 0.1) is 34.1 Å². The van der Waals surface area contributed by atoms with Gasteiger partial charge in [-0.05, 0) is 44.9 Å². The third-order valence-electron chi connectivity index (χ3n) is 7.06. The lowest BCUT2D eigenvalue weighted by atomic mass is 9.81. The van der Waals surface area contributed by atoms with E-state index in [0.717, 1.165) is 23.4 Å². The van der Waals surface area contributed by atoms with E-state index < -0.39 is 16.4 Å². The van der Waals surface area contributed by atoms with E-state index in [-0.39, 0.29) is 12.1 Å². The average Bonchev–Trinajstić information content (AvgIpc) is 3.31. The van der Waals surface area contributed by atoms with Gasteiger partial charge in [0.15, 0.2) is 11.5 Å². The Balaban J connectivity index is 1.43. The Bertz CT molecular complexity index is 1440. The SMILES string of the molecule is CCc1cnc(N2C(C)CC(O)(c3cnc4c(Nc5ccc(S(C)=O)nc5C)nccn34)CC2C)nc1. The first kappa shape index (κ1) is 25.2. The van der Waals surface area contributed by atoms with Crippen LogP contribution in [0.1, 0.15) is 50.6 Å². The number of aryl methyl sites for hydroxylation is 2. The Labute approximate surface area is 218 Å². The van der Waals surface area contributed by atoms with Crippen molar-refractivity contribution in [3.05, 3.63) is 60.1 Å². The van der Waals surface area contributed by atoms with Crippen LogP contribution in [0.4, 0.5) is 17.5 Å². The fourth-order valence-electron chi connectivity index (χ4n) is 5.27. The Kier molecular flexibility index (Phi) is 6.67. The van der Waals surface area contributed by atoms with Gasteiger partial charge in [-0.2, -0.15) is 0 Å². The topological polar surface area (TPSA) is 121 Å². The number of aliphatic hydroxyl groups is 1. The van der Waals surface area contributed by atoms with Gasteiger partial charge in [0.2, 0.25) is 5.95 Å². The molecule has 37 heavy (non-hydrogen) atoms. The Hall–Kier alpha value is -3.44. The monoisotopic (exact) mass is 520 g/mol. The lowest BCUT2D eigenvalue weighted by Crippen LogP contribution is -2.53. The van der Waals surface area contributed by atoms with Crippen LogP contribution in [-0.2, 0) is 22.8 Å². The van der Waals surface area contributed by atoms with Crippen molar-refractivity contribution >= 4 is 33.9 Å². The number of piperidine rings is 1. The summed E-state index contributed by atoms with van der Waals surface area (Å²) in [4.78, 5) is 24.9. The van der Waals surface area contributed by atoms with Crippen molar-refractivity contribution in [1.82, 2.24) is 29.3 Å². The summed E-state index contributed by atoms with van der Waals surface area (Å²) in [5, 5.41) is 15.7. The van der Waals surface area contributed by atoms with Gasteiger partial charge >= 0.3 is 0 Å². The second kappa shape index (κ2) is 9.79. The molecule has 0 amide bonds. The van der Waals surface area contributed by atoms with Crippen molar-refractivity contribution in [3.63, 3.8) is 0 Å². The molecule has 4 aromatic rings. The highest BCUT2D eigenvalue weighted by atomic mass is 32.2. The first-order valence-corrected chi connectivity index (χ1v) is 14.0. The van der Waals surface area contributed by atoms with Crippen molar-refractivity contribution in [2.45, 2.75) is 69.7 Å². The van der Waals surface area contributed by atoms with Crippen molar-refractivity contribution in [3.8, 4) is 0 Å². The zero-order chi connectivity index (χ0) is 26.3. The van der Waals surface area contributed by atoms with Gasteiger partial charge in [-0.1, -0.05) is 6.92 Å². The molecule has 2 N–H and O–H groups in total. The molecule has 11 heteroatoms. The zero-order valence-electron chi connectivity index (χ0n) is 21.7. The lowest BCUT2D eigenvalue weighted by Gasteiger charge is -2.46. The van der Waals surface area contributed by atoms with Crippen LogP contribution in [0.5, 0.6) is 0 Å². The summed E-state index contributed by atoms with van der Waals surface area (Å²) < 4.78 is 13.7. The van der Waals surface area contributed by atoms with Crippen LogP contribution in [0.25, 0.3) is 5.65 Å². The molecule has 1 saturated heterocycles. The van der Waals surface area contributed by atoms with Crippen LogP contribution in [-0.4, -0.2) is 57.0 Å². The third-order valence-corrected chi connectivity index (χ3v) is 7.88. The van der Waals surface area contributed by atoms with E-state index in [1.54, 1.807) is 24.7 Å². The minimum absolute atomic E-state index is 0.0163. The molecule has 0 aliphatic carbocycles. The molecule has 5 rings (SSSR count). The zero-order valence-corrected chi connectivity index (χ0v) is 22.5. The normalized spacial score (nSPS) is 22.8. The molecule has 0 aromatic carbocycles. The standard InChI is InChI=1S/C26H32N8O2S/c1-6-19-13-29-25(30-14-19)34-16(2)11-26(35,12-17(34)3)21-15-28-24-23(27-9-10-33(21)24)32-20-7-8-22(37(5)36)31-18(20)4/h7-10,13-17,35H,6,11-12H2,1-5H3,(H,27,32). The predicted molar refractivity (Wildman–Crippen MR) is 144 cm³/mol. The number of hydrogen-bond donors (Lipinski definition) is 2. The Morgan fingerprint density at radius 1 is 1.11 bits per heavy atom.